The summed E-state index contributed by atoms with van der Waals surface area (Å²) in [6.45, 7) is 5.59. The van der Waals surface area contributed by atoms with E-state index in [1.54, 1.807) is 12.5 Å². The van der Waals surface area contributed by atoms with Crippen LogP contribution < -0.4 is 4.90 Å². The minimum atomic E-state index is -0.201. The van der Waals surface area contributed by atoms with Crippen molar-refractivity contribution in [3.05, 3.63) is 60.4 Å². The van der Waals surface area contributed by atoms with Crippen LogP contribution in [0, 0.1) is 5.82 Å². The van der Waals surface area contributed by atoms with E-state index >= 15 is 0 Å². The van der Waals surface area contributed by atoms with Gasteiger partial charge < -0.3 is 14.7 Å². The van der Waals surface area contributed by atoms with Crippen LogP contribution >= 0.6 is 0 Å². The average Bonchev–Trinajstić information content (AvgIpc) is 2.70. The van der Waals surface area contributed by atoms with Crippen molar-refractivity contribution in [1.82, 2.24) is 19.8 Å². The Labute approximate surface area is 158 Å². The number of piperazine rings is 1. The van der Waals surface area contributed by atoms with Crippen LogP contribution in [0.15, 0.2) is 53.9 Å². The van der Waals surface area contributed by atoms with Crippen molar-refractivity contribution in [2.45, 2.75) is 13.0 Å². The summed E-state index contributed by atoms with van der Waals surface area (Å²) in [5.74, 6) is 0.769. The number of guanidine groups is 1. The number of hydrogen-bond acceptors (Lipinski definition) is 6. The molecule has 0 unspecified atom stereocenters. The van der Waals surface area contributed by atoms with Crippen LogP contribution in [0.2, 0.25) is 0 Å². The lowest BCUT2D eigenvalue weighted by molar-refractivity contribution is 0.264. The van der Waals surface area contributed by atoms with Gasteiger partial charge in [-0.1, -0.05) is 0 Å². The van der Waals surface area contributed by atoms with Crippen molar-refractivity contribution in [2.75, 3.05) is 38.1 Å². The smallest absolute Gasteiger partial charge is 0.202 e. The van der Waals surface area contributed by atoms with E-state index in [1.165, 1.54) is 12.1 Å². The number of hydrogen-bond donors (Lipinski definition) is 0. The maximum Gasteiger partial charge on any atom is 0.202 e. The molecule has 2 aliphatic rings. The number of benzene rings is 1. The summed E-state index contributed by atoms with van der Waals surface area (Å²) in [6.07, 6.45) is 5.37. The molecule has 4 rings (SSSR count). The number of likely N-dealkylation sites (N-methyl/N-ethyl adjacent to an activating group) is 1. The molecular weight excluding hydrogens is 343 g/mol. The van der Waals surface area contributed by atoms with E-state index < -0.39 is 0 Å². The molecule has 0 spiro atoms. The molecule has 6 nitrogen and oxygen atoms in total. The molecule has 0 N–H and O–H groups in total. The molecule has 27 heavy (non-hydrogen) atoms. The summed E-state index contributed by atoms with van der Waals surface area (Å²) in [4.78, 5) is 20.0. The van der Waals surface area contributed by atoms with E-state index in [9.17, 15) is 4.39 Å². The SMILES string of the molecule is C[C@@H]1CN(c2ccc(F)cc2)CCN1C1=NC(c2ccncn2)=CCN1C. The highest BCUT2D eigenvalue weighted by atomic mass is 19.1. The Morgan fingerprint density at radius 3 is 2.63 bits per heavy atom. The third-order valence-corrected chi connectivity index (χ3v) is 5.04. The molecule has 1 aromatic carbocycles. The summed E-state index contributed by atoms with van der Waals surface area (Å²) < 4.78 is 13.2. The van der Waals surface area contributed by atoms with Crippen LogP contribution in [0.25, 0.3) is 5.70 Å². The molecule has 2 aliphatic heterocycles. The highest BCUT2D eigenvalue weighted by Crippen LogP contribution is 2.23. The van der Waals surface area contributed by atoms with Gasteiger partial charge in [-0.15, -0.1) is 0 Å². The predicted molar refractivity (Wildman–Crippen MR) is 105 cm³/mol. The first-order valence-electron chi connectivity index (χ1n) is 9.15. The lowest BCUT2D eigenvalue weighted by atomic mass is 10.1. The highest BCUT2D eigenvalue weighted by Gasteiger charge is 2.29. The van der Waals surface area contributed by atoms with Gasteiger partial charge in [0, 0.05) is 51.2 Å². The largest absolute Gasteiger partial charge is 0.368 e. The van der Waals surface area contributed by atoms with E-state index in [2.05, 4.69) is 44.7 Å². The lowest BCUT2D eigenvalue weighted by Crippen LogP contribution is -2.57. The zero-order chi connectivity index (χ0) is 18.8. The van der Waals surface area contributed by atoms with Crippen molar-refractivity contribution < 1.29 is 4.39 Å². The van der Waals surface area contributed by atoms with Gasteiger partial charge in [-0.25, -0.2) is 19.4 Å². The second-order valence-electron chi connectivity index (χ2n) is 6.94. The summed E-state index contributed by atoms with van der Waals surface area (Å²) in [6, 6.07) is 8.90. The Hall–Kier alpha value is -2.96. The van der Waals surface area contributed by atoms with Gasteiger partial charge in [0.05, 0.1) is 11.4 Å². The van der Waals surface area contributed by atoms with Crippen LogP contribution in [0.5, 0.6) is 0 Å². The van der Waals surface area contributed by atoms with Crippen LogP contribution in [-0.2, 0) is 0 Å². The number of nitrogens with zero attached hydrogens (tertiary/aromatic N) is 6. The van der Waals surface area contributed by atoms with Crippen molar-refractivity contribution in [3.63, 3.8) is 0 Å². The first-order valence-corrected chi connectivity index (χ1v) is 9.15. The predicted octanol–water partition coefficient (Wildman–Crippen LogP) is 2.47. The minimum Gasteiger partial charge on any atom is -0.368 e. The van der Waals surface area contributed by atoms with E-state index in [0.717, 1.165) is 49.2 Å². The quantitative estimate of drug-likeness (QED) is 0.817. The molecule has 3 heterocycles. The second-order valence-corrected chi connectivity index (χ2v) is 6.94. The van der Waals surface area contributed by atoms with Gasteiger partial charge >= 0.3 is 0 Å². The number of aliphatic imine (C=N–C) groups is 1. The molecule has 0 aliphatic carbocycles. The summed E-state index contributed by atoms with van der Waals surface area (Å²) >= 11 is 0. The Morgan fingerprint density at radius 2 is 1.93 bits per heavy atom. The fourth-order valence-corrected chi connectivity index (χ4v) is 3.57. The normalized spacial score (nSPS) is 20.4. The first-order chi connectivity index (χ1) is 13.1. The Morgan fingerprint density at radius 1 is 1.11 bits per heavy atom. The van der Waals surface area contributed by atoms with Gasteiger partial charge in [-0.3, -0.25) is 0 Å². The molecule has 0 bridgehead atoms. The van der Waals surface area contributed by atoms with Gasteiger partial charge in [0.1, 0.15) is 12.1 Å². The maximum absolute atomic E-state index is 13.2. The van der Waals surface area contributed by atoms with E-state index in [-0.39, 0.29) is 11.9 Å². The zero-order valence-electron chi connectivity index (χ0n) is 15.6. The van der Waals surface area contributed by atoms with Gasteiger partial charge in [0.2, 0.25) is 5.96 Å². The third-order valence-electron chi connectivity index (χ3n) is 5.04. The molecule has 1 saturated heterocycles. The number of aromatic nitrogens is 2. The topological polar surface area (TPSA) is 47.9 Å². The standard InChI is InChI=1S/C20H23FN6/c1-15-13-26(17-5-3-16(21)4-6-17)11-12-27(15)20-24-19(8-10-25(20)2)18-7-9-22-14-23-18/h3-9,14-15H,10-13H2,1-2H3/t15-/m1/s1. The summed E-state index contributed by atoms with van der Waals surface area (Å²) in [5.41, 5.74) is 2.79. The van der Waals surface area contributed by atoms with Crippen molar-refractivity contribution in [2.24, 2.45) is 4.99 Å². The summed E-state index contributed by atoms with van der Waals surface area (Å²) in [5, 5.41) is 0. The Kier molecular flexibility index (Phi) is 4.75. The molecule has 1 aromatic heterocycles. The van der Waals surface area contributed by atoms with Gasteiger partial charge in [0.15, 0.2) is 0 Å². The van der Waals surface area contributed by atoms with E-state index in [0.29, 0.717) is 0 Å². The van der Waals surface area contributed by atoms with Crippen LogP contribution in [-0.4, -0.2) is 65.0 Å². The highest BCUT2D eigenvalue weighted by molar-refractivity contribution is 5.88. The van der Waals surface area contributed by atoms with Gasteiger partial charge in [-0.05, 0) is 43.3 Å². The van der Waals surface area contributed by atoms with Gasteiger partial charge in [0.25, 0.3) is 0 Å². The second kappa shape index (κ2) is 7.34. The minimum absolute atomic E-state index is 0.201. The lowest BCUT2D eigenvalue weighted by Gasteiger charge is -2.44. The fraction of sp³-hybridized carbons (Fsp3) is 0.350. The fourth-order valence-electron chi connectivity index (χ4n) is 3.57. The number of anilines is 1. The molecular formula is C20H23FN6. The molecule has 0 amide bonds. The first kappa shape index (κ1) is 17.5. The van der Waals surface area contributed by atoms with Crippen molar-refractivity contribution >= 4 is 17.3 Å². The zero-order valence-corrected chi connectivity index (χ0v) is 15.6. The molecule has 7 heteroatoms. The monoisotopic (exact) mass is 366 g/mol. The molecule has 2 aromatic rings. The van der Waals surface area contributed by atoms with Crippen LogP contribution in [0.3, 0.4) is 0 Å². The molecule has 1 atom stereocenters. The third kappa shape index (κ3) is 3.63. The average molecular weight is 366 g/mol. The molecule has 0 saturated carbocycles. The van der Waals surface area contributed by atoms with E-state index in [1.807, 2.05) is 18.2 Å². The number of rotatable bonds is 2. The molecule has 140 valence electrons. The Bertz CT molecular complexity index is 849. The Balaban J connectivity index is 1.52. The molecule has 1 fully saturated rings. The van der Waals surface area contributed by atoms with Crippen LogP contribution in [0.4, 0.5) is 10.1 Å². The maximum atomic E-state index is 13.2. The van der Waals surface area contributed by atoms with Gasteiger partial charge in [-0.2, -0.15) is 0 Å². The number of halogens is 1. The molecule has 0 radical (unpaired) electrons. The van der Waals surface area contributed by atoms with Crippen molar-refractivity contribution in [1.29, 1.82) is 0 Å². The van der Waals surface area contributed by atoms with Crippen LogP contribution in [0.1, 0.15) is 12.6 Å². The van der Waals surface area contributed by atoms with Crippen molar-refractivity contribution in [3.8, 4) is 0 Å². The summed E-state index contributed by atoms with van der Waals surface area (Å²) in [7, 11) is 2.06. The van der Waals surface area contributed by atoms with E-state index in [4.69, 9.17) is 4.99 Å².